The van der Waals surface area contributed by atoms with Crippen molar-refractivity contribution in [3.63, 3.8) is 0 Å². The van der Waals surface area contributed by atoms with Gasteiger partial charge in [-0.3, -0.25) is 4.79 Å². The van der Waals surface area contributed by atoms with Crippen LogP contribution in [0.1, 0.15) is 23.6 Å². The van der Waals surface area contributed by atoms with Gasteiger partial charge in [-0.15, -0.1) is 0 Å². The first-order valence-corrected chi connectivity index (χ1v) is 8.49. The van der Waals surface area contributed by atoms with Crippen molar-refractivity contribution in [3.05, 3.63) is 102 Å². The first-order chi connectivity index (χ1) is 13.0. The normalized spacial score (nSPS) is 11.9. The van der Waals surface area contributed by atoms with Crippen molar-refractivity contribution >= 4 is 11.6 Å². The molecule has 3 N–H and O–H groups in total. The van der Waals surface area contributed by atoms with Crippen LogP contribution in [0, 0.1) is 0 Å². The van der Waals surface area contributed by atoms with Crippen molar-refractivity contribution in [1.82, 2.24) is 5.43 Å². The number of hydrogen-bond donors (Lipinski definition) is 3. The molecule has 0 fully saturated rings. The summed E-state index contributed by atoms with van der Waals surface area (Å²) < 4.78 is 0. The summed E-state index contributed by atoms with van der Waals surface area (Å²) in [5, 5.41) is 24.8. The van der Waals surface area contributed by atoms with E-state index < -0.39 is 11.5 Å². The van der Waals surface area contributed by atoms with Gasteiger partial charge in [0.25, 0.3) is 5.91 Å². The van der Waals surface area contributed by atoms with E-state index in [1.807, 2.05) is 12.1 Å². The van der Waals surface area contributed by atoms with Crippen molar-refractivity contribution in [3.8, 4) is 5.75 Å². The third-order valence-electron chi connectivity index (χ3n) is 4.32. The lowest BCUT2D eigenvalue weighted by Gasteiger charge is -2.27. The van der Waals surface area contributed by atoms with Crippen LogP contribution in [-0.2, 0) is 10.4 Å². The van der Waals surface area contributed by atoms with Crippen LogP contribution >= 0.6 is 0 Å². The summed E-state index contributed by atoms with van der Waals surface area (Å²) in [6.07, 6.45) is 0. The maximum Gasteiger partial charge on any atom is 0.281 e. The Morgan fingerprint density at radius 1 is 0.852 bits per heavy atom. The molecule has 0 aliphatic rings. The molecule has 5 nitrogen and oxygen atoms in total. The fourth-order valence-corrected chi connectivity index (χ4v) is 2.77. The Kier molecular flexibility index (Phi) is 5.33. The number of aromatic hydroxyl groups is 1. The first kappa shape index (κ1) is 18.4. The van der Waals surface area contributed by atoms with Crippen molar-refractivity contribution in [2.24, 2.45) is 5.10 Å². The minimum absolute atomic E-state index is 0.151. The van der Waals surface area contributed by atoms with Crippen LogP contribution in [0.2, 0.25) is 0 Å². The van der Waals surface area contributed by atoms with Gasteiger partial charge in [0.1, 0.15) is 5.75 Å². The number of phenols is 1. The van der Waals surface area contributed by atoms with Gasteiger partial charge in [-0.1, -0.05) is 60.7 Å². The van der Waals surface area contributed by atoms with Gasteiger partial charge in [-0.25, -0.2) is 5.43 Å². The molecule has 0 aliphatic carbocycles. The number of nitrogens with zero attached hydrogens (tertiary/aromatic N) is 1. The highest BCUT2D eigenvalue weighted by Gasteiger charge is 2.39. The first-order valence-electron chi connectivity index (χ1n) is 8.49. The molecule has 0 unspecified atom stereocenters. The number of carbonyl (C=O) groups excluding carboxylic acids is 1. The Labute approximate surface area is 157 Å². The van der Waals surface area contributed by atoms with E-state index in [2.05, 4.69) is 10.5 Å². The van der Waals surface area contributed by atoms with Gasteiger partial charge in [0.15, 0.2) is 5.60 Å². The van der Waals surface area contributed by atoms with Gasteiger partial charge in [0.2, 0.25) is 0 Å². The summed E-state index contributed by atoms with van der Waals surface area (Å²) in [7, 11) is 0. The van der Waals surface area contributed by atoms with Crippen LogP contribution in [0.4, 0.5) is 0 Å². The Morgan fingerprint density at radius 2 is 1.33 bits per heavy atom. The molecule has 0 atom stereocenters. The van der Waals surface area contributed by atoms with E-state index in [9.17, 15) is 15.0 Å². The lowest BCUT2D eigenvalue weighted by Crippen LogP contribution is -2.43. The molecular weight excluding hydrogens is 340 g/mol. The summed E-state index contributed by atoms with van der Waals surface area (Å²) in [6.45, 7) is 1.73. The maximum atomic E-state index is 12.9. The van der Waals surface area contributed by atoms with E-state index in [-0.39, 0.29) is 5.75 Å². The number of benzene rings is 3. The van der Waals surface area contributed by atoms with E-state index in [4.69, 9.17) is 0 Å². The number of rotatable bonds is 5. The number of carbonyl (C=O) groups is 1. The molecule has 0 aromatic heterocycles. The lowest BCUT2D eigenvalue weighted by molar-refractivity contribution is -0.136. The standard InChI is InChI=1S/C22H20N2O3/c1-16(17-12-14-20(25)15-13-17)23-24-21(26)22(27,18-8-4-2-5-9-18)19-10-6-3-7-11-19/h2-15,25,27H,1H3,(H,24,26). The Balaban J connectivity index is 1.92. The number of aliphatic hydroxyl groups is 1. The van der Waals surface area contributed by atoms with Crippen molar-refractivity contribution in [2.75, 3.05) is 0 Å². The second-order valence-electron chi connectivity index (χ2n) is 6.13. The van der Waals surface area contributed by atoms with Crippen LogP contribution in [0.15, 0.2) is 90.0 Å². The van der Waals surface area contributed by atoms with Gasteiger partial charge >= 0.3 is 0 Å². The van der Waals surface area contributed by atoms with Crippen LogP contribution < -0.4 is 5.43 Å². The predicted octanol–water partition coefficient (Wildman–Crippen LogP) is 3.17. The molecule has 0 bridgehead atoms. The van der Waals surface area contributed by atoms with E-state index in [0.717, 1.165) is 5.56 Å². The number of phenolic OH excluding ortho intramolecular Hbond substituents is 1. The Hall–Kier alpha value is -3.44. The molecule has 136 valence electrons. The van der Waals surface area contributed by atoms with Crippen LogP contribution in [0.25, 0.3) is 0 Å². The molecule has 1 amide bonds. The number of nitrogens with one attached hydrogen (secondary N) is 1. The maximum absolute atomic E-state index is 12.9. The highest BCUT2D eigenvalue weighted by Crippen LogP contribution is 2.29. The highest BCUT2D eigenvalue weighted by molar-refractivity contribution is 6.00. The van der Waals surface area contributed by atoms with E-state index >= 15 is 0 Å². The Bertz CT molecular complexity index is 897. The van der Waals surface area contributed by atoms with E-state index in [1.165, 1.54) is 0 Å². The monoisotopic (exact) mass is 360 g/mol. The summed E-state index contributed by atoms with van der Waals surface area (Å²) >= 11 is 0. The van der Waals surface area contributed by atoms with Gasteiger partial charge in [-0.2, -0.15) is 5.10 Å². The molecular formula is C22H20N2O3. The molecule has 27 heavy (non-hydrogen) atoms. The topological polar surface area (TPSA) is 81.9 Å². The lowest BCUT2D eigenvalue weighted by atomic mass is 9.85. The minimum atomic E-state index is -1.87. The molecule has 5 heteroatoms. The van der Waals surface area contributed by atoms with E-state index in [1.54, 1.807) is 79.7 Å². The van der Waals surface area contributed by atoms with E-state index in [0.29, 0.717) is 16.8 Å². The minimum Gasteiger partial charge on any atom is -0.508 e. The van der Waals surface area contributed by atoms with Crippen molar-refractivity contribution in [2.45, 2.75) is 12.5 Å². The summed E-state index contributed by atoms with van der Waals surface area (Å²) in [5.74, 6) is -0.504. The van der Waals surface area contributed by atoms with Crippen molar-refractivity contribution in [1.29, 1.82) is 0 Å². The molecule has 0 aliphatic heterocycles. The zero-order valence-corrected chi connectivity index (χ0v) is 14.8. The molecule has 3 rings (SSSR count). The predicted molar refractivity (Wildman–Crippen MR) is 104 cm³/mol. The summed E-state index contributed by atoms with van der Waals surface area (Å²) in [5.41, 5.74) is 2.79. The summed E-state index contributed by atoms with van der Waals surface area (Å²) in [4.78, 5) is 12.9. The SMILES string of the molecule is CC(=NNC(=O)C(O)(c1ccccc1)c1ccccc1)c1ccc(O)cc1. The van der Waals surface area contributed by atoms with Crippen LogP contribution in [-0.4, -0.2) is 21.8 Å². The second-order valence-corrected chi connectivity index (χ2v) is 6.13. The number of amides is 1. The van der Waals surface area contributed by atoms with Crippen LogP contribution in [0.3, 0.4) is 0 Å². The largest absolute Gasteiger partial charge is 0.508 e. The quantitative estimate of drug-likeness (QED) is 0.483. The number of hydrogen-bond acceptors (Lipinski definition) is 4. The molecule has 0 heterocycles. The Morgan fingerprint density at radius 3 is 1.81 bits per heavy atom. The molecule has 0 spiro atoms. The second kappa shape index (κ2) is 7.85. The molecule has 3 aromatic carbocycles. The zero-order valence-electron chi connectivity index (χ0n) is 14.8. The molecule has 0 saturated carbocycles. The zero-order chi connectivity index (χ0) is 19.3. The fraction of sp³-hybridized carbons (Fsp3) is 0.0909. The molecule has 0 saturated heterocycles. The van der Waals surface area contributed by atoms with Gasteiger partial charge in [0, 0.05) is 0 Å². The molecule has 0 radical (unpaired) electrons. The third kappa shape index (κ3) is 3.88. The van der Waals surface area contributed by atoms with Gasteiger partial charge < -0.3 is 10.2 Å². The fourth-order valence-electron chi connectivity index (χ4n) is 2.77. The van der Waals surface area contributed by atoms with Gasteiger partial charge in [0.05, 0.1) is 5.71 Å². The van der Waals surface area contributed by atoms with Crippen LogP contribution in [0.5, 0.6) is 5.75 Å². The third-order valence-corrected chi connectivity index (χ3v) is 4.32. The average Bonchev–Trinajstić information content (AvgIpc) is 2.73. The average molecular weight is 360 g/mol. The summed E-state index contributed by atoms with van der Waals surface area (Å²) in [6, 6.07) is 24.0. The van der Waals surface area contributed by atoms with Crippen molar-refractivity contribution < 1.29 is 15.0 Å². The van der Waals surface area contributed by atoms with Gasteiger partial charge in [-0.05, 0) is 47.9 Å². The number of hydrazone groups is 1. The smallest absolute Gasteiger partial charge is 0.281 e. The highest BCUT2D eigenvalue weighted by atomic mass is 16.3. The molecule has 3 aromatic rings.